The van der Waals surface area contributed by atoms with Crippen LogP contribution in [0.2, 0.25) is 18.1 Å². The summed E-state index contributed by atoms with van der Waals surface area (Å²) in [6.07, 6.45) is 22.0. The second kappa shape index (κ2) is 19.6. The van der Waals surface area contributed by atoms with Crippen LogP contribution in [-0.2, 0) is 9.16 Å². The topological polar surface area (TPSA) is 38.7 Å². The standard InChI is InChI=1S/C27H58O3Si/c1-7-8-9-10-11-12-13-14-15-16-17-18-19-20-21-22-23-29-25-26(24-28)30-31(5,6)27(2,3)4/h26,28H,7-25H2,1-6H3. The summed E-state index contributed by atoms with van der Waals surface area (Å²) in [6.45, 7) is 14.8. The van der Waals surface area contributed by atoms with E-state index in [1.165, 1.54) is 96.3 Å². The molecule has 0 saturated heterocycles. The highest BCUT2D eigenvalue weighted by Crippen LogP contribution is 2.37. The molecule has 0 aliphatic carbocycles. The van der Waals surface area contributed by atoms with E-state index in [2.05, 4.69) is 40.8 Å². The first-order valence-electron chi connectivity index (χ1n) is 13.6. The SMILES string of the molecule is CCCCCCCCCCCCCCCCCCOCC(CO)O[Si](C)(C)C(C)(C)C. The lowest BCUT2D eigenvalue weighted by molar-refractivity contribution is 0.0119. The van der Waals surface area contributed by atoms with Crippen molar-refractivity contribution in [3.8, 4) is 0 Å². The van der Waals surface area contributed by atoms with Gasteiger partial charge in [-0.2, -0.15) is 0 Å². The number of unbranched alkanes of at least 4 members (excludes halogenated alkanes) is 15. The maximum atomic E-state index is 9.62. The summed E-state index contributed by atoms with van der Waals surface area (Å²) in [7, 11) is -1.84. The average Bonchev–Trinajstić information content (AvgIpc) is 2.71. The van der Waals surface area contributed by atoms with Crippen LogP contribution in [0.1, 0.15) is 130 Å². The van der Waals surface area contributed by atoms with Crippen LogP contribution in [0.5, 0.6) is 0 Å². The van der Waals surface area contributed by atoms with Gasteiger partial charge in [0.15, 0.2) is 8.32 Å². The second-order valence-corrected chi connectivity index (χ2v) is 15.8. The molecule has 1 N–H and O–H groups in total. The van der Waals surface area contributed by atoms with Crippen molar-refractivity contribution >= 4 is 8.32 Å². The Morgan fingerprint density at radius 3 is 1.42 bits per heavy atom. The summed E-state index contributed by atoms with van der Waals surface area (Å²) >= 11 is 0. The summed E-state index contributed by atoms with van der Waals surface area (Å²) in [4.78, 5) is 0. The molecule has 0 aliphatic rings. The highest BCUT2D eigenvalue weighted by atomic mass is 28.4. The summed E-state index contributed by atoms with van der Waals surface area (Å²) in [5.74, 6) is 0. The van der Waals surface area contributed by atoms with Crippen LogP contribution in [-0.4, -0.2) is 39.3 Å². The quantitative estimate of drug-likeness (QED) is 0.130. The minimum Gasteiger partial charge on any atom is -0.409 e. The average molecular weight is 459 g/mol. The first-order valence-corrected chi connectivity index (χ1v) is 16.5. The van der Waals surface area contributed by atoms with Crippen LogP contribution in [0.25, 0.3) is 0 Å². The fourth-order valence-electron chi connectivity index (χ4n) is 3.68. The van der Waals surface area contributed by atoms with E-state index in [1.807, 2.05) is 0 Å². The zero-order chi connectivity index (χ0) is 23.4. The zero-order valence-corrected chi connectivity index (χ0v) is 23.3. The Morgan fingerprint density at radius 1 is 0.677 bits per heavy atom. The second-order valence-electron chi connectivity index (χ2n) is 11.1. The van der Waals surface area contributed by atoms with Gasteiger partial charge in [-0.1, -0.05) is 124 Å². The molecule has 0 rings (SSSR count). The molecule has 1 atom stereocenters. The number of aliphatic hydroxyl groups excluding tert-OH is 1. The van der Waals surface area contributed by atoms with Crippen LogP contribution in [0, 0.1) is 0 Å². The van der Waals surface area contributed by atoms with E-state index in [0.717, 1.165) is 13.0 Å². The summed E-state index contributed by atoms with van der Waals surface area (Å²) in [5, 5.41) is 9.78. The van der Waals surface area contributed by atoms with E-state index in [0.29, 0.717) is 6.61 Å². The molecule has 0 saturated carbocycles. The maximum Gasteiger partial charge on any atom is 0.192 e. The third kappa shape index (κ3) is 18.2. The van der Waals surface area contributed by atoms with Crippen LogP contribution in [0.15, 0.2) is 0 Å². The number of hydrogen-bond acceptors (Lipinski definition) is 3. The molecule has 0 bridgehead atoms. The lowest BCUT2D eigenvalue weighted by atomic mass is 10.0. The van der Waals surface area contributed by atoms with Crippen molar-refractivity contribution in [2.45, 2.75) is 155 Å². The Hall–Kier alpha value is 0.0969. The predicted octanol–water partition coefficient (Wildman–Crippen LogP) is 8.65. The third-order valence-corrected chi connectivity index (χ3v) is 11.5. The van der Waals surface area contributed by atoms with Crippen LogP contribution < -0.4 is 0 Å². The van der Waals surface area contributed by atoms with E-state index in [-0.39, 0.29) is 17.7 Å². The van der Waals surface area contributed by atoms with Gasteiger partial charge in [-0.15, -0.1) is 0 Å². The zero-order valence-electron chi connectivity index (χ0n) is 22.3. The molecular formula is C27H58O3Si. The largest absolute Gasteiger partial charge is 0.409 e. The normalized spacial score (nSPS) is 13.6. The van der Waals surface area contributed by atoms with Crippen molar-refractivity contribution in [3.63, 3.8) is 0 Å². The minimum absolute atomic E-state index is 0.0471. The molecule has 1 unspecified atom stereocenters. The van der Waals surface area contributed by atoms with Gasteiger partial charge in [0.1, 0.15) is 0 Å². The number of hydrogen-bond donors (Lipinski definition) is 1. The number of rotatable bonds is 22. The molecule has 0 aliphatic heterocycles. The van der Waals surface area contributed by atoms with Crippen molar-refractivity contribution in [3.05, 3.63) is 0 Å². The van der Waals surface area contributed by atoms with Gasteiger partial charge in [0.05, 0.1) is 19.3 Å². The lowest BCUT2D eigenvalue weighted by Crippen LogP contribution is -2.46. The molecule has 0 fully saturated rings. The van der Waals surface area contributed by atoms with Gasteiger partial charge in [0.25, 0.3) is 0 Å². The predicted molar refractivity (Wildman–Crippen MR) is 140 cm³/mol. The number of aliphatic hydroxyl groups is 1. The first-order chi connectivity index (χ1) is 14.7. The van der Waals surface area contributed by atoms with E-state index in [1.54, 1.807) is 0 Å². The van der Waals surface area contributed by atoms with E-state index < -0.39 is 8.32 Å². The van der Waals surface area contributed by atoms with E-state index >= 15 is 0 Å². The molecule has 0 aromatic rings. The van der Waals surface area contributed by atoms with Gasteiger partial charge >= 0.3 is 0 Å². The fourth-order valence-corrected chi connectivity index (χ4v) is 5.01. The molecule has 3 nitrogen and oxygen atoms in total. The molecule has 31 heavy (non-hydrogen) atoms. The summed E-state index contributed by atoms with van der Waals surface area (Å²) < 4.78 is 12.1. The maximum absolute atomic E-state index is 9.62. The van der Waals surface area contributed by atoms with Gasteiger partial charge in [-0.3, -0.25) is 0 Å². The van der Waals surface area contributed by atoms with Crippen molar-refractivity contribution in [2.24, 2.45) is 0 Å². The highest BCUT2D eigenvalue weighted by molar-refractivity contribution is 6.74. The third-order valence-electron chi connectivity index (χ3n) is 6.92. The monoisotopic (exact) mass is 458 g/mol. The molecule has 0 aromatic heterocycles. The van der Waals surface area contributed by atoms with Crippen molar-refractivity contribution in [2.75, 3.05) is 19.8 Å². The molecule has 0 spiro atoms. The van der Waals surface area contributed by atoms with Gasteiger partial charge < -0.3 is 14.3 Å². The van der Waals surface area contributed by atoms with E-state index in [4.69, 9.17) is 9.16 Å². The van der Waals surface area contributed by atoms with E-state index in [9.17, 15) is 5.11 Å². The minimum atomic E-state index is -1.84. The van der Waals surface area contributed by atoms with Crippen LogP contribution in [0.3, 0.4) is 0 Å². The molecule has 0 amide bonds. The smallest absolute Gasteiger partial charge is 0.192 e. The Balaban J connectivity index is 3.41. The molecule has 0 aromatic carbocycles. The van der Waals surface area contributed by atoms with Crippen LogP contribution in [0.4, 0.5) is 0 Å². The van der Waals surface area contributed by atoms with Gasteiger partial charge in [0.2, 0.25) is 0 Å². The van der Waals surface area contributed by atoms with Crippen LogP contribution >= 0.6 is 0 Å². The highest BCUT2D eigenvalue weighted by Gasteiger charge is 2.39. The van der Waals surface area contributed by atoms with Gasteiger partial charge in [0, 0.05) is 6.61 Å². The Bertz CT molecular complexity index is 379. The molecule has 0 radical (unpaired) electrons. The van der Waals surface area contributed by atoms with Gasteiger partial charge in [-0.25, -0.2) is 0 Å². The van der Waals surface area contributed by atoms with Gasteiger partial charge in [-0.05, 0) is 24.6 Å². The summed E-state index contributed by atoms with van der Waals surface area (Å²) in [6, 6.07) is 0. The lowest BCUT2D eigenvalue weighted by Gasteiger charge is -2.38. The van der Waals surface area contributed by atoms with Crippen molar-refractivity contribution in [1.29, 1.82) is 0 Å². The van der Waals surface area contributed by atoms with Crippen molar-refractivity contribution in [1.82, 2.24) is 0 Å². The first kappa shape index (κ1) is 31.1. The molecule has 0 heterocycles. The Kier molecular flexibility index (Phi) is 19.6. The fraction of sp³-hybridized carbons (Fsp3) is 1.00. The molecular weight excluding hydrogens is 400 g/mol. The number of ether oxygens (including phenoxy) is 1. The molecule has 188 valence electrons. The Labute approximate surface area is 197 Å². The van der Waals surface area contributed by atoms with Crippen molar-refractivity contribution < 1.29 is 14.3 Å². The summed E-state index contributed by atoms with van der Waals surface area (Å²) in [5.41, 5.74) is 0. The molecule has 4 heteroatoms. The Morgan fingerprint density at radius 2 is 1.06 bits per heavy atom.